The molecule has 0 N–H and O–H groups in total. The molecule has 20 heavy (non-hydrogen) atoms. The summed E-state index contributed by atoms with van der Waals surface area (Å²) >= 11 is 5.84. The Balaban J connectivity index is 1.75. The molecule has 0 spiro atoms. The Morgan fingerprint density at radius 2 is 1.80 bits per heavy atom. The van der Waals surface area contributed by atoms with Crippen LogP contribution in [0, 0.1) is 5.92 Å². The number of sulfonamides is 1. The van der Waals surface area contributed by atoms with Crippen LogP contribution in [0.15, 0.2) is 24.3 Å². The molecule has 0 radical (unpaired) electrons. The maximum absolute atomic E-state index is 12.6. The Kier molecular flexibility index (Phi) is 4.07. The zero-order valence-electron chi connectivity index (χ0n) is 11.5. The monoisotopic (exact) mass is 313 g/mol. The maximum Gasteiger partial charge on any atom is 0.218 e. The molecule has 110 valence electrons. The molecular weight excluding hydrogens is 294 g/mol. The van der Waals surface area contributed by atoms with Gasteiger partial charge in [0.25, 0.3) is 0 Å². The number of halogens is 1. The van der Waals surface area contributed by atoms with Gasteiger partial charge in [-0.3, -0.25) is 0 Å². The molecule has 0 bridgehead atoms. The third-order valence-corrected chi connectivity index (χ3v) is 6.68. The second kappa shape index (κ2) is 5.66. The first-order chi connectivity index (χ1) is 9.56. The zero-order chi connectivity index (χ0) is 14.2. The van der Waals surface area contributed by atoms with Crippen LogP contribution in [-0.2, 0) is 15.8 Å². The van der Waals surface area contributed by atoms with Gasteiger partial charge in [0.05, 0.1) is 5.75 Å². The summed E-state index contributed by atoms with van der Waals surface area (Å²) in [4.78, 5) is 0. The molecule has 1 aliphatic heterocycles. The van der Waals surface area contributed by atoms with Gasteiger partial charge in [0.2, 0.25) is 10.0 Å². The Morgan fingerprint density at radius 1 is 1.10 bits per heavy atom. The summed E-state index contributed by atoms with van der Waals surface area (Å²) in [5, 5.41) is 0.639. The second-order valence-electron chi connectivity index (χ2n) is 5.89. The van der Waals surface area contributed by atoms with Crippen LogP contribution >= 0.6 is 11.6 Å². The quantitative estimate of drug-likeness (QED) is 0.854. The molecule has 1 atom stereocenters. The molecule has 1 saturated carbocycles. The smallest absolute Gasteiger partial charge is 0.212 e. The molecule has 1 aromatic rings. The molecule has 2 fully saturated rings. The lowest BCUT2D eigenvalue weighted by atomic mass is 9.79. The van der Waals surface area contributed by atoms with E-state index in [1.807, 2.05) is 0 Å². The van der Waals surface area contributed by atoms with Gasteiger partial charge in [-0.15, -0.1) is 0 Å². The van der Waals surface area contributed by atoms with Gasteiger partial charge in [-0.25, -0.2) is 8.42 Å². The Labute approximate surface area is 126 Å². The lowest BCUT2D eigenvalue weighted by Gasteiger charge is -2.36. The van der Waals surface area contributed by atoms with Crippen LogP contribution in [0.3, 0.4) is 0 Å². The molecule has 3 nitrogen and oxygen atoms in total. The topological polar surface area (TPSA) is 37.4 Å². The normalized spacial score (nSPS) is 24.8. The molecule has 1 saturated heterocycles. The minimum atomic E-state index is -3.21. The van der Waals surface area contributed by atoms with E-state index >= 15 is 0 Å². The van der Waals surface area contributed by atoms with Crippen LogP contribution in [0.5, 0.6) is 0 Å². The summed E-state index contributed by atoms with van der Waals surface area (Å²) in [6.07, 6.45) is 5.67. The van der Waals surface area contributed by atoms with Crippen molar-refractivity contribution in [1.82, 2.24) is 4.31 Å². The van der Waals surface area contributed by atoms with E-state index in [1.165, 1.54) is 19.3 Å². The second-order valence-corrected chi connectivity index (χ2v) is 8.25. The molecule has 1 heterocycles. The number of hydrogen-bond donors (Lipinski definition) is 0. The van der Waals surface area contributed by atoms with Crippen LogP contribution in [0.2, 0.25) is 5.02 Å². The summed E-state index contributed by atoms with van der Waals surface area (Å²) < 4.78 is 27.0. The summed E-state index contributed by atoms with van der Waals surface area (Å²) in [5.74, 6) is 0.686. The predicted molar refractivity (Wildman–Crippen MR) is 81.1 cm³/mol. The van der Waals surface area contributed by atoms with Crippen LogP contribution < -0.4 is 0 Å². The van der Waals surface area contributed by atoms with Crippen molar-refractivity contribution in [3.63, 3.8) is 0 Å². The summed E-state index contributed by atoms with van der Waals surface area (Å²) in [5.41, 5.74) is 0.814. The zero-order valence-corrected chi connectivity index (χ0v) is 13.0. The van der Waals surface area contributed by atoms with Gasteiger partial charge in [0, 0.05) is 17.6 Å². The van der Waals surface area contributed by atoms with E-state index in [0.29, 0.717) is 17.5 Å². The highest BCUT2D eigenvalue weighted by Crippen LogP contribution is 2.38. The molecule has 1 aromatic carbocycles. The van der Waals surface area contributed by atoms with Gasteiger partial charge in [-0.2, -0.15) is 4.31 Å². The Morgan fingerprint density at radius 3 is 2.40 bits per heavy atom. The third-order valence-electron chi connectivity index (χ3n) is 4.56. The first-order valence-electron chi connectivity index (χ1n) is 7.30. The van der Waals surface area contributed by atoms with E-state index in [0.717, 1.165) is 18.4 Å². The van der Waals surface area contributed by atoms with E-state index in [2.05, 4.69) is 0 Å². The molecule has 0 amide bonds. The van der Waals surface area contributed by atoms with Crippen molar-refractivity contribution in [3.8, 4) is 0 Å². The summed E-state index contributed by atoms with van der Waals surface area (Å²) in [6.45, 7) is 0.692. The minimum Gasteiger partial charge on any atom is -0.212 e. The molecule has 2 aliphatic rings. The van der Waals surface area contributed by atoms with E-state index in [9.17, 15) is 8.42 Å². The largest absolute Gasteiger partial charge is 0.218 e. The van der Waals surface area contributed by atoms with Crippen LogP contribution in [0.1, 0.15) is 37.7 Å². The van der Waals surface area contributed by atoms with Crippen molar-refractivity contribution in [2.75, 3.05) is 6.54 Å². The fraction of sp³-hybridized carbons (Fsp3) is 0.600. The maximum atomic E-state index is 12.6. The van der Waals surface area contributed by atoms with E-state index in [1.54, 1.807) is 28.6 Å². The van der Waals surface area contributed by atoms with E-state index in [-0.39, 0.29) is 11.8 Å². The molecule has 5 heteroatoms. The molecule has 0 aromatic heterocycles. The molecule has 1 aliphatic carbocycles. The first kappa shape index (κ1) is 14.4. The average molecular weight is 314 g/mol. The van der Waals surface area contributed by atoms with Crippen molar-refractivity contribution >= 4 is 21.6 Å². The lowest BCUT2D eigenvalue weighted by Crippen LogP contribution is -2.42. The Bertz CT molecular complexity index is 566. The van der Waals surface area contributed by atoms with Gasteiger partial charge >= 0.3 is 0 Å². The van der Waals surface area contributed by atoms with Crippen LogP contribution in [0.4, 0.5) is 0 Å². The summed E-state index contributed by atoms with van der Waals surface area (Å²) in [6, 6.07) is 7.35. The van der Waals surface area contributed by atoms with Crippen molar-refractivity contribution in [2.24, 2.45) is 5.92 Å². The van der Waals surface area contributed by atoms with Gasteiger partial charge in [-0.1, -0.05) is 30.2 Å². The van der Waals surface area contributed by atoms with Crippen LogP contribution in [0.25, 0.3) is 0 Å². The van der Waals surface area contributed by atoms with Crippen molar-refractivity contribution < 1.29 is 8.42 Å². The highest BCUT2D eigenvalue weighted by atomic mass is 35.5. The third kappa shape index (κ3) is 2.87. The SMILES string of the molecule is O=S(=O)(Cc1ccc(Cl)cc1)N1CCCC1C1CCC1. The lowest BCUT2D eigenvalue weighted by molar-refractivity contribution is 0.191. The highest BCUT2D eigenvalue weighted by molar-refractivity contribution is 7.88. The molecule has 3 rings (SSSR count). The average Bonchev–Trinajstić information content (AvgIpc) is 2.79. The van der Waals surface area contributed by atoms with Crippen molar-refractivity contribution in [1.29, 1.82) is 0 Å². The van der Waals surface area contributed by atoms with Crippen LogP contribution in [-0.4, -0.2) is 25.3 Å². The van der Waals surface area contributed by atoms with E-state index in [4.69, 9.17) is 11.6 Å². The number of rotatable bonds is 4. The first-order valence-corrected chi connectivity index (χ1v) is 9.29. The Hall–Kier alpha value is -0.580. The van der Waals surface area contributed by atoms with Gasteiger partial charge in [-0.05, 0) is 49.3 Å². The number of benzene rings is 1. The standard InChI is InChI=1S/C15H20ClNO2S/c16-14-8-6-12(7-9-14)11-20(18,19)17-10-2-5-15(17)13-3-1-4-13/h6-9,13,15H,1-5,10-11H2. The van der Waals surface area contributed by atoms with Gasteiger partial charge in [0.15, 0.2) is 0 Å². The van der Waals surface area contributed by atoms with Crippen molar-refractivity contribution in [3.05, 3.63) is 34.9 Å². The van der Waals surface area contributed by atoms with Gasteiger partial charge in [0.1, 0.15) is 0 Å². The van der Waals surface area contributed by atoms with Gasteiger partial charge < -0.3 is 0 Å². The fourth-order valence-corrected chi connectivity index (χ4v) is 5.28. The molecule has 1 unspecified atom stereocenters. The minimum absolute atomic E-state index is 0.0907. The molecular formula is C15H20ClNO2S. The highest BCUT2D eigenvalue weighted by Gasteiger charge is 2.40. The predicted octanol–water partition coefficient (Wildman–Crippen LogP) is 3.43. The van der Waals surface area contributed by atoms with E-state index < -0.39 is 10.0 Å². The van der Waals surface area contributed by atoms with Crippen molar-refractivity contribution in [2.45, 2.75) is 43.9 Å². The number of nitrogens with zero attached hydrogens (tertiary/aromatic N) is 1. The fourth-order valence-electron chi connectivity index (χ4n) is 3.28. The summed E-state index contributed by atoms with van der Waals surface area (Å²) in [7, 11) is -3.21. The number of hydrogen-bond acceptors (Lipinski definition) is 2.